The second kappa shape index (κ2) is 8.00. The molecular formula is C16H24N2O3. The molecule has 1 heterocycles. The third-order valence-corrected chi connectivity index (χ3v) is 3.84. The molecule has 0 radical (unpaired) electrons. The highest BCUT2D eigenvalue weighted by molar-refractivity contribution is 5.67. The summed E-state index contributed by atoms with van der Waals surface area (Å²) < 4.78 is 5.01. The molecule has 1 saturated heterocycles. The molecule has 1 atom stereocenters. The number of amides is 1. The van der Waals surface area contributed by atoms with Crippen molar-refractivity contribution in [3.8, 4) is 0 Å². The quantitative estimate of drug-likeness (QED) is 0.870. The summed E-state index contributed by atoms with van der Waals surface area (Å²) in [7, 11) is 0. The van der Waals surface area contributed by atoms with Crippen LogP contribution < -0.4 is 5.32 Å². The fraction of sp³-hybridized carbons (Fsp3) is 0.562. The zero-order chi connectivity index (χ0) is 15.1. The summed E-state index contributed by atoms with van der Waals surface area (Å²) in [6.45, 7) is 3.70. The van der Waals surface area contributed by atoms with Gasteiger partial charge in [0.15, 0.2) is 0 Å². The van der Waals surface area contributed by atoms with Crippen molar-refractivity contribution in [3.63, 3.8) is 0 Å². The summed E-state index contributed by atoms with van der Waals surface area (Å²) >= 11 is 0. The highest BCUT2D eigenvalue weighted by Crippen LogP contribution is 2.17. The van der Waals surface area contributed by atoms with E-state index in [1.165, 1.54) is 0 Å². The van der Waals surface area contributed by atoms with Gasteiger partial charge in [-0.25, -0.2) is 4.79 Å². The van der Waals surface area contributed by atoms with E-state index in [0.29, 0.717) is 25.7 Å². The lowest BCUT2D eigenvalue weighted by atomic mass is 10.0. The Kier molecular flexibility index (Phi) is 6.02. The molecule has 0 spiro atoms. The number of piperidine rings is 1. The first kappa shape index (κ1) is 15.8. The van der Waals surface area contributed by atoms with E-state index in [4.69, 9.17) is 4.74 Å². The van der Waals surface area contributed by atoms with Crippen molar-refractivity contribution in [2.75, 3.05) is 26.3 Å². The number of hydrogen-bond acceptors (Lipinski definition) is 4. The molecule has 116 valence electrons. The van der Waals surface area contributed by atoms with Crippen molar-refractivity contribution in [1.82, 2.24) is 10.2 Å². The van der Waals surface area contributed by atoms with Gasteiger partial charge < -0.3 is 20.1 Å². The van der Waals surface area contributed by atoms with E-state index < -0.39 is 0 Å². The lowest BCUT2D eigenvalue weighted by Gasteiger charge is -2.33. The van der Waals surface area contributed by atoms with Gasteiger partial charge in [0, 0.05) is 19.1 Å². The number of ether oxygens (including phenoxy) is 1. The lowest BCUT2D eigenvalue weighted by molar-refractivity contribution is 0.0928. The predicted molar refractivity (Wildman–Crippen MR) is 81.0 cm³/mol. The predicted octanol–water partition coefficient (Wildman–Crippen LogP) is 1.93. The molecule has 1 unspecified atom stereocenters. The Hall–Kier alpha value is -1.59. The molecule has 1 fully saturated rings. The van der Waals surface area contributed by atoms with Gasteiger partial charge in [-0.3, -0.25) is 0 Å². The molecule has 2 rings (SSSR count). The molecule has 2 N–H and O–H groups in total. The first-order chi connectivity index (χ1) is 10.2. The number of nitrogens with one attached hydrogen (secondary N) is 1. The molecule has 21 heavy (non-hydrogen) atoms. The van der Waals surface area contributed by atoms with Crippen molar-refractivity contribution in [2.45, 2.75) is 31.8 Å². The third-order valence-electron chi connectivity index (χ3n) is 3.84. The summed E-state index contributed by atoms with van der Waals surface area (Å²) in [5.41, 5.74) is 1.09. The zero-order valence-corrected chi connectivity index (χ0v) is 12.5. The number of aliphatic hydroxyl groups excluding tert-OH is 1. The molecule has 0 saturated carbocycles. The topological polar surface area (TPSA) is 61.8 Å². The average molecular weight is 292 g/mol. The van der Waals surface area contributed by atoms with Crippen LogP contribution in [0.1, 0.15) is 31.4 Å². The monoisotopic (exact) mass is 292 g/mol. The number of nitrogens with zero attached hydrogens (tertiary/aromatic N) is 1. The molecule has 1 aliphatic heterocycles. The van der Waals surface area contributed by atoms with Gasteiger partial charge in [0.05, 0.1) is 19.3 Å². The second-order valence-electron chi connectivity index (χ2n) is 5.27. The summed E-state index contributed by atoms with van der Waals surface area (Å²) in [5, 5.41) is 13.1. The number of likely N-dealkylation sites (tertiary alicyclic amines) is 1. The lowest BCUT2D eigenvalue weighted by Crippen LogP contribution is -2.46. The van der Waals surface area contributed by atoms with Crippen LogP contribution in [0.4, 0.5) is 4.79 Å². The van der Waals surface area contributed by atoms with Crippen molar-refractivity contribution in [1.29, 1.82) is 0 Å². The molecule has 0 aromatic heterocycles. The van der Waals surface area contributed by atoms with Gasteiger partial charge >= 0.3 is 6.09 Å². The number of carbonyl (C=O) groups excluding carboxylic acids is 1. The van der Waals surface area contributed by atoms with Crippen LogP contribution in [-0.2, 0) is 4.74 Å². The maximum absolute atomic E-state index is 11.6. The highest BCUT2D eigenvalue weighted by Gasteiger charge is 2.25. The standard InChI is InChI=1S/C16H24N2O3/c1-2-21-16(20)18-10-8-14(9-11-18)17-15(12-19)13-6-4-3-5-7-13/h3-7,14-15,17,19H,2,8-12H2,1H3. The van der Waals surface area contributed by atoms with Gasteiger partial charge in [0.1, 0.15) is 0 Å². The van der Waals surface area contributed by atoms with E-state index in [0.717, 1.165) is 18.4 Å². The Morgan fingerprint density at radius 1 is 1.38 bits per heavy atom. The average Bonchev–Trinajstić information content (AvgIpc) is 2.54. The fourth-order valence-corrected chi connectivity index (χ4v) is 2.67. The smallest absolute Gasteiger partial charge is 0.409 e. The molecule has 5 nitrogen and oxygen atoms in total. The molecule has 1 aromatic rings. The van der Waals surface area contributed by atoms with Crippen molar-refractivity contribution >= 4 is 6.09 Å². The van der Waals surface area contributed by atoms with Gasteiger partial charge in [0.2, 0.25) is 0 Å². The van der Waals surface area contributed by atoms with Gasteiger partial charge in [0.25, 0.3) is 0 Å². The Balaban J connectivity index is 1.83. The first-order valence-electron chi connectivity index (χ1n) is 7.58. The highest BCUT2D eigenvalue weighted by atomic mass is 16.6. The fourth-order valence-electron chi connectivity index (χ4n) is 2.67. The minimum Gasteiger partial charge on any atom is -0.450 e. The summed E-state index contributed by atoms with van der Waals surface area (Å²) in [5.74, 6) is 0. The molecule has 0 aliphatic carbocycles. The Morgan fingerprint density at radius 3 is 2.62 bits per heavy atom. The van der Waals surface area contributed by atoms with Crippen molar-refractivity contribution < 1.29 is 14.6 Å². The molecule has 1 aromatic carbocycles. The molecule has 5 heteroatoms. The summed E-state index contributed by atoms with van der Waals surface area (Å²) in [4.78, 5) is 13.4. The van der Waals surface area contributed by atoms with Crippen molar-refractivity contribution in [2.24, 2.45) is 0 Å². The molecule has 0 bridgehead atoms. The maximum atomic E-state index is 11.6. The van der Waals surface area contributed by atoms with Crippen LogP contribution in [0.2, 0.25) is 0 Å². The Bertz CT molecular complexity index is 430. The van der Waals surface area contributed by atoms with Crippen LogP contribution in [0.5, 0.6) is 0 Å². The summed E-state index contributed by atoms with van der Waals surface area (Å²) in [6, 6.07) is 10.2. The minimum atomic E-state index is -0.224. The number of aliphatic hydroxyl groups is 1. The van der Waals surface area contributed by atoms with E-state index in [2.05, 4.69) is 5.32 Å². The number of rotatable bonds is 5. The number of hydrogen-bond donors (Lipinski definition) is 2. The van der Waals surface area contributed by atoms with E-state index in [1.807, 2.05) is 37.3 Å². The van der Waals surface area contributed by atoms with Crippen LogP contribution in [-0.4, -0.2) is 48.4 Å². The first-order valence-corrected chi connectivity index (χ1v) is 7.58. The molecule has 1 amide bonds. The van der Waals surface area contributed by atoms with Gasteiger partial charge in [-0.15, -0.1) is 0 Å². The van der Waals surface area contributed by atoms with E-state index >= 15 is 0 Å². The number of benzene rings is 1. The van der Waals surface area contributed by atoms with Gasteiger partial charge in [-0.2, -0.15) is 0 Å². The second-order valence-corrected chi connectivity index (χ2v) is 5.27. The normalized spacial score (nSPS) is 17.5. The van der Waals surface area contributed by atoms with Crippen LogP contribution in [0.3, 0.4) is 0 Å². The SMILES string of the molecule is CCOC(=O)N1CCC(NC(CO)c2ccccc2)CC1. The van der Waals surface area contributed by atoms with Crippen LogP contribution in [0, 0.1) is 0 Å². The molecule has 1 aliphatic rings. The zero-order valence-electron chi connectivity index (χ0n) is 12.5. The van der Waals surface area contributed by atoms with Crippen LogP contribution in [0.15, 0.2) is 30.3 Å². The van der Waals surface area contributed by atoms with Crippen LogP contribution >= 0.6 is 0 Å². The van der Waals surface area contributed by atoms with Gasteiger partial charge in [-0.1, -0.05) is 30.3 Å². The van der Waals surface area contributed by atoms with E-state index in [9.17, 15) is 9.90 Å². The van der Waals surface area contributed by atoms with E-state index in [1.54, 1.807) is 4.90 Å². The summed E-state index contributed by atoms with van der Waals surface area (Å²) in [6.07, 6.45) is 1.53. The van der Waals surface area contributed by atoms with E-state index in [-0.39, 0.29) is 18.7 Å². The van der Waals surface area contributed by atoms with Crippen molar-refractivity contribution in [3.05, 3.63) is 35.9 Å². The largest absolute Gasteiger partial charge is 0.450 e. The van der Waals surface area contributed by atoms with Gasteiger partial charge in [-0.05, 0) is 25.3 Å². The molecular weight excluding hydrogens is 268 g/mol. The third kappa shape index (κ3) is 4.44. The van der Waals surface area contributed by atoms with Crippen LogP contribution in [0.25, 0.3) is 0 Å². The maximum Gasteiger partial charge on any atom is 0.409 e. The Labute approximate surface area is 125 Å². The minimum absolute atomic E-state index is 0.0506. The number of carbonyl (C=O) groups is 1. The Morgan fingerprint density at radius 2 is 2.05 bits per heavy atom.